The molecule has 1 amide bonds. The largest absolute Gasteiger partial charge is 0.507 e. The summed E-state index contributed by atoms with van der Waals surface area (Å²) < 4.78 is 67.8. The Balaban J connectivity index is 1.60. The van der Waals surface area contributed by atoms with Crippen LogP contribution < -0.4 is 20.2 Å². The van der Waals surface area contributed by atoms with Crippen LogP contribution in [0.3, 0.4) is 0 Å². The number of aryl methyl sites for hydroxylation is 2. The van der Waals surface area contributed by atoms with E-state index in [-0.39, 0.29) is 55.0 Å². The highest BCUT2D eigenvalue weighted by Crippen LogP contribution is 2.39. The molecular weight excluding hydrogens is 747 g/mol. The Bertz CT molecular complexity index is 2320. The molecule has 55 heavy (non-hydrogen) atoms. The number of carbonyl (C=O) groups is 2. The van der Waals surface area contributed by atoms with Gasteiger partial charge in [0, 0.05) is 73.4 Å². The zero-order chi connectivity index (χ0) is 39.7. The van der Waals surface area contributed by atoms with Crippen molar-refractivity contribution in [2.75, 3.05) is 54.8 Å². The second-order valence-electron chi connectivity index (χ2n) is 14.8. The van der Waals surface area contributed by atoms with Gasteiger partial charge in [-0.3, -0.25) is 18.7 Å². The molecule has 4 N–H and O–H groups in total. The Labute approximate surface area is 322 Å². The SMILES string of the molecule is C=c1cc2c(c/c1=C(/c1cc3c(cc1O)N(CCCC)CCC3)c1cc(S(=O)(=O)O)ccc1C(=O)N1CCC(C(=O)O)CC1)CCCN2CCCS(=O)(=O)O. The van der Waals surface area contributed by atoms with E-state index in [2.05, 4.69) is 18.4 Å². The molecule has 0 aliphatic carbocycles. The predicted molar refractivity (Wildman–Crippen MR) is 210 cm³/mol. The average molecular weight is 796 g/mol. The van der Waals surface area contributed by atoms with Crippen LogP contribution in [0.25, 0.3) is 12.2 Å². The smallest absolute Gasteiger partial charge is 0.306 e. The van der Waals surface area contributed by atoms with Crippen molar-refractivity contribution in [2.45, 2.75) is 69.6 Å². The van der Waals surface area contributed by atoms with Crippen molar-refractivity contribution in [3.8, 4) is 5.75 Å². The van der Waals surface area contributed by atoms with Gasteiger partial charge >= 0.3 is 5.97 Å². The zero-order valence-corrected chi connectivity index (χ0v) is 32.7. The molecule has 6 rings (SSSR count). The molecule has 3 heterocycles. The van der Waals surface area contributed by atoms with Gasteiger partial charge in [0.15, 0.2) is 0 Å². The Morgan fingerprint density at radius 1 is 0.800 bits per heavy atom. The molecule has 13 nitrogen and oxygen atoms in total. The molecule has 1 fully saturated rings. The van der Waals surface area contributed by atoms with Crippen molar-refractivity contribution in [1.82, 2.24) is 4.90 Å². The lowest BCUT2D eigenvalue weighted by Gasteiger charge is -2.33. The fourth-order valence-electron chi connectivity index (χ4n) is 8.15. The van der Waals surface area contributed by atoms with E-state index in [1.165, 1.54) is 12.1 Å². The van der Waals surface area contributed by atoms with Crippen molar-refractivity contribution < 1.29 is 45.7 Å². The normalized spacial score (nSPS) is 17.1. The van der Waals surface area contributed by atoms with Crippen LogP contribution in [0, 0.1) is 5.92 Å². The van der Waals surface area contributed by atoms with Crippen molar-refractivity contribution in [3.05, 3.63) is 80.7 Å². The number of aromatic hydroxyl groups is 1. The zero-order valence-electron chi connectivity index (χ0n) is 31.0. The van der Waals surface area contributed by atoms with Gasteiger partial charge in [-0.15, -0.1) is 0 Å². The number of carbonyl (C=O) groups excluding carboxylic acids is 1. The fraction of sp³-hybridized carbons (Fsp3) is 0.450. The summed E-state index contributed by atoms with van der Waals surface area (Å²) >= 11 is 0. The third-order valence-electron chi connectivity index (χ3n) is 11.0. The number of likely N-dealkylation sites (tertiary alicyclic amines) is 1. The van der Waals surface area contributed by atoms with Crippen LogP contribution in [0.2, 0.25) is 0 Å². The number of phenols is 1. The summed E-state index contributed by atoms with van der Waals surface area (Å²) in [4.78, 5) is 31.5. The summed E-state index contributed by atoms with van der Waals surface area (Å²) in [6.07, 6.45) is 5.72. The lowest BCUT2D eigenvalue weighted by atomic mass is 9.86. The molecule has 0 radical (unpaired) electrons. The van der Waals surface area contributed by atoms with Crippen LogP contribution in [-0.2, 0) is 37.9 Å². The molecule has 0 bridgehead atoms. The number of fused-ring (bicyclic) bond motifs is 2. The predicted octanol–water partition coefficient (Wildman–Crippen LogP) is 3.82. The quantitative estimate of drug-likeness (QED) is 0.194. The molecule has 0 spiro atoms. The van der Waals surface area contributed by atoms with E-state index in [0.717, 1.165) is 73.8 Å². The van der Waals surface area contributed by atoms with Crippen molar-refractivity contribution in [1.29, 1.82) is 0 Å². The maximum atomic E-state index is 14.4. The first-order chi connectivity index (χ1) is 26.1. The first-order valence-corrected chi connectivity index (χ1v) is 21.9. The lowest BCUT2D eigenvalue weighted by Crippen LogP contribution is -2.41. The molecule has 0 atom stereocenters. The van der Waals surface area contributed by atoms with Gasteiger partial charge < -0.3 is 24.9 Å². The van der Waals surface area contributed by atoms with Gasteiger partial charge in [0.05, 0.1) is 16.6 Å². The Morgan fingerprint density at radius 3 is 2.02 bits per heavy atom. The van der Waals surface area contributed by atoms with Crippen LogP contribution in [0.15, 0.2) is 47.4 Å². The van der Waals surface area contributed by atoms with Gasteiger partial charge in [-0.25, -0.2) is 0 Å². The number of anilines is 2. The number of aliphatic carboxylic acids is 1. The standard InChI is InChI=1S/C40H49N3O10S2/c1-3-4-14-41-15-6-9-29-23-34(37(44)25-36(29)41)38(32-22-28-8-5-16-42(35(28)21-26(32)2)17-7-20-54(48,49)50)33-24-30(55(51,52)53)10-11-31(33)39(45)43-18-12-27(13-19-43)40(46)47/h10-11,21-25,27,44H,2-9,12-20H2,1H3,(H,46,47)(H,48,49,50)(H,51,52,53)/b38-32-. The highest BCUT2D eigenvalue weighted by molar-refractivity contribution is 7.86. The minimum absolute atomic E-state index is 0.0842. The van der Waals surface area contributed by atoms with Gasteiger partial charge in [-0.1, -0.05) is 19.9 Å². The number of hydrogen-bond acceptors (Lipinski definition) is 9. The summed E-state index contributed by atoms with van der Waals surface area (Å²) in [6.45, 7) is 9.54. The lowest BCUT2D eigenvalue weighted by molar-refractivity contribution is -0.143. The Morgan fingerprint density at radius 2 is 1.42 bits per heavy atom. The molecule has 15 heteroatoms. The minimum atomic E-state index is -4.75. The number of rotatable bonds is 12. The van der Waals surface area contributed by atoms with E-state index in [0.29, 0.717) is 41.1 Å². The number of piperidine rings is 1. The topological polar surface area (TPSA) is 193 Å². The van der Waals surface area contributed by atoms with E-state index < -0.39 is 42.9 Å². The van der Waals surface area contributed by atoms with E-state index >= 15 is 0 Å². The number of phenolic OH excluding ortho intramolecular Hbond substituents is 1. The fourth-order valence-corrected chi connectivity index (χ4v) is 9.15. The molecule has 3 aliphatic rings. The maximum absolute atomic E-state index is 14.4. The van der Waals surface area contributed by atoms with Crippen molar-refractivity contribution >= 4 is 55.6 Å². The first-order valence-electron chi connectivity index (χ1n) is 18.9. The number of amides is 1. The van der Waals surface area contributed by atoms with Crippen LogP contribution in [0.1, 0.15) is 84.5 Å². The highest BCUT2D eigenvalue weighted by Gasteiger charge is 2.31. The number of carboxylic acid groups (broad SMARTS) is 1. The molecule has 3 aromatic carbocycles. The van der Waals surface area contributed by atoms with Crippen LogP contribution in [0.5, 0.6) is 5.75 Å². The van der Waals surface area contributed by atoms with Crippen LogP contribution >= 0.6 is 0 Å². The van der Waals surface area contributed by atoms with Crippen molar-refractivity contribution in [3.63, 3.8) is 0 Å². The second kappa shape index (κ2) is 16.3. The number of hydrogen-bond donors (Lipinski definition) is 4. The number of carboxylic acids is 1. The highest BCUT2D eigenvalue weighted by atomic mass is 32.2. The molecule has 3 aromatic rings. The summed E-state index contributed by atoms with van der Waals surface area (Å²) in [5, 5.41) is 22.6. The van der Waals surface area contributed by atoms with Gasteiger partial charge in [0.1, 0.15) is 5.75 Å². The number of nitrogens with zero attached hydrogens (tertiary/aromatic N) is 3. The molecule has 3 aliphatic heterocycles. The van der Waals surface area contributed by atoms with Crippen LogP contribution in [0.4, 0.5) is 11.4 Å². The molecule has 0 saturated carbocycles. The third kappa shape index (κ3) is 9.01. The Hall–Kier alpha value is -4.44. The summed E-state index contributed by atoms with van der Waals surface area (Å²) in [5.41, 5.74) is 4.59. The molecule has 0 aromatic heterocycles. The van der Waals surface area contributed by atoms with E-state index in [1.807, 2.05) is 23.1 Å². The van der Waals surface area contributed by atoms with E-state index in [4.69, 9.17) is 0 Å². The van der Waals surface area contributed by atoms with E-state index in [1.54, 1.807) is 11.0 Å². The monoisotopic (exact) mass is 795 g/mol. The molecule has 0 unspecified atom stereocenters. The second-order valence-corrected chi connectivity index (χ2v) is 17.8. The van der Waals surface area contributed by atoms with Crippen LogP contribution in [-0.4, -0.2) is 98.0 Å². The average Bonchev–Trinajstić information content (AvgIpc) is 3.13. The van der Waals surface area contributed by atoms with Gasteiger partial charge in [0.2, 0.25) is 0 Å². The summed E-state index contributed by atoms with van der Waals surface area (Å²) in [5.74, 6) is -2.43. The first kappa shape index (κ1) is 40.2. The van der Waals surface area contributed by atoms with Gasteiger partial charge in [-0.2, -0.15) is 16.8 Å². The third-order valence-corrected chi connectivity index (χ3v) is 12.7. The molecule has 1 saturated heterocycles. The summed E-state index contributed by atoms with van der Waals surface area (Å²) in [7, 11) is -8.89. The van der Waals surface area contributed by atoms with E-state index in [9.17, 15) is 45.7 Å². The minimum Gasteiger partial charge on any atom is -0.507 e. The Kier molecular flexibility index (Phi) is 12.0. The molecule has 296 valence electrons. The number of benzene rings is 3. The maximum Gasteiger partial charge on any atom is 0.306 e. The molecular formula is C40H49N3O10S2. The number of unbranched alkanes of at least 4 members (excludes halogenated alkanes) is 1. The van der Waals surface area contributed by atoms with Gasteiger partial charge in [-0.05, 0) is 115 Å². The summed E-state index contributed by atoms with van der Waals surface area (Å²) in [6, 6.07) is 11.2. The van der Waals surface area contributed by atoms with Gasteiger partial charge in [0.25, 0.3) is 26.1 Å². The van der Waals surface area contributed by atoms with Crippen molar-refractivity contribution in [2.24, 2.45) is 5.92 Å².